The SMILES string of the molecule is Cc1cccc(C(Br)c2ccc(Br)s2)c1Br. The molecule has 0 spiro atoms. The van der Waals surface area contributed by atoms with Gasteiger partial charge in [0.2, 0.25) is 0 Å². The van der Waals surface area contributed by atoms with Gasteiger partial charge < -0.3 is 0 Å². The zero-order valence-corrected chi connectivity index (χ0v) is 14.1. The highest BCUT2D eigenvalue weighted by Crippen LogP contribution is 2.40. The lowest BCUT2D eigenvalue weighted by atomic mass is 10.1. The van der Waals surface area contributed by atoms with Crippen LogP contribution in [0.3, 0.4) is 0 Å². The zero-order chi connectivity index (χ0) is 11.7. The molecule has 0 saturated heterocycles. The highest BCUT2D eigenvalue weighted by Gasteiger charge is 2.15. The van der Waals surface area contributed by atoms with E-state index in [1.807, 2.05) is 0 Å². The van der Waals surface area contributed by atoms with Crippen LogP contribution in [0.1, 0.15) is 20.8 Å². The zero-order valence-electron chi connectivity index (χ0n) is 8.51. The van der Waals surface area contributed by atoms with Gasteiger partial charge in [-0.1, -0.05) is 50.1 Å². The summed E-state index contributed by atoms with van der Waals surface area (Å²) in [7, 11) is 0. The van der Waals surface area contributed by atoms with Crippen LogP contribution >= 0.6 is 59.1 Å². The third-order valence-electron chi connectivity index (χ3n) is 2.34. The summed E-state index contributed by atoms with van der Waals surface area (Å²) in [5.41, 5.74) is 2.53. The molecule has 1 atom stereocenters. The smallest absolute Gasteiger partial charge is 0.0749 e. The van der Waals surface area contributed by atoms with Crippen LogP contribution in [0.25, 0.3) is 0 Å². The van der Waals surface area contributed by atoms with Gasteiger partial charge in [0, 0.05) is 9.35 Å². The number of alkyl halides is 1. The fourth-order valence-corrected chi connectivity index (χ4v) is 4.52. The largest absolute Gasteiger partial charge is 0.132 e. The lowest BCUT2D eigenvalue weighted by molar-refractivity contribution is 1.19. The fourth-order valence-electron chi connectivity index (χ4n) is 1.48. The van der Waals surface area contributed by atoms with Gasteiger partial charge in [0.15, 0.2) is 0 Å². The number of halogens is 3. The second-order valence-corrected chi connectivity index (χ2v) is 7.69. The van der Waals surface area contributed by atoms with Crippen molar-refractivity contribution in [3.8, 4) is 0 Å². The average Bonchev–Trinajstić information content (AvgIpc) is 2.68. The van der Waals surface area contributed by atoms with Crippen LogP contribution < -0.4 is 0 Å². The summed E-state index contributed by atoms with van der Waals surface area (Å²) < 4.78 is 2.34. The third kappa shape index (κ3) is 2.61. The Bertz CT molecular complexity index is 505. The molecule has 16 heavy (non-hydrogen) atoms. The minimum Gasteiger partial charge on any atom is -0.132 e. The standard InChI is InChI=1S/C12H9Br3S/c1-7-3-2-4-8(11(7)14)12(15)9-5-6-10(13)16-9/h2-6,12H,1H3. The lowest BCUT2D eigenvalue weighted by Gasteiger charge is -2.12. The number of aryl methyl sites for hydroxylation is 1. The molecule has 0 fully saturated rings. The minimum atomic E-state index is 0.248. The highest BCUT2D eigenvalue weighted by molar-refractivity contribution is 9.11. The number of hydrogen-bond donors (Lipinski definition) is 0. The van der Waals surface area contributed by atoms with E-state index < -0.39 is 0 Å². The predicted octanol–water partition coefficient (Wildman–Crippen LogP) is 6.07. The van der Waals surface area contributed by atoms with E-state index in [-0.39, 0.29) is 4.83 Å². The molecule has 0 aliphatic carbocycles. The summed E-state index contributed by atoms with van der Waals surface area (Å²) in [4.78, 5) is 1.55. The highest BCUT2D eigenvalue weighted by atomic mass is 79.9. The summed E-state index contributed by atoms with van der Waals surface area (Å²) in [6, 6.07) is 10.6. The van der Waals surface area contributed by atoms with Crippen molar-refractivity contribution in [1.29, 1.82) is 0 Å². The molecule has 0 aliphatic rings. The molecule has 2 aromatic rings. The van der Waals surface area contributed by atoms with Crippen LogP contribution in [-0.4, -0.2) is 0 Å². The molecule has 0 amide bonds. The van der Waals surface area contributed by atoms with Gasteiger partial charge in [0.1, 0.15) is 0 Å². The summed E-state index contributed by atoms with van der Waals surface area (Å²) in [5.74, 6) is 0. The van der Waals surface area contributed by atoms with Crippen LogP contribution in [0, 0.1) is 6.92 Å². The number of hydrogen-bond acceptors (Lipinski definition) is 1. The fraction of sp³-hybridized carbons (Fsp3) is 0.167. The number of rotatable bonds is 2. The van der Waals surface area contributed by atoms with Gasteiger partial charge in [-0.05, 0) is 46.1 Å². The van der Waals surface area contributed by atoms with E-state index in [9.17, 15) is 0 Å². The van der Waals surface area contributed by atoms with Crippen LogP contribution in [0.2, 0.25) is 0 Å². The second kappa shape index (κ2) is 5.34. The van der Waals surface area contributed by atoms with E-state index >= 15 is 0 Å². The van der Waals surface area contributed by atoms with Crippen molar-refractivity contribution in [2.24, 2.45) is 0 Å². The lowest BCUT2D eigenvalue weighted by Crippen LogP contribution is -1.92. The van der Waals surface area contributed by atoms with Crippen molar-refractivity contribution in [2.75, 3.05) is 0 Å². The van der Waals surface area contributed by atoms with Crippen molar-refractivity contribution in [3.05, 3.63) is 54.6 Å². The Kier molecular flexibility index (Phi) is 4.27. The maximum atomic E-state index is 3.75. The van der Waals surface area contributed by atoms with Crippen LogP contribution in [0.5, 0.6) is 0 Å². The molecule has 84 valence electrons. The first-order chi connectivity index (χ1) is 7.59. The van der Waals surface area contributed by atoms with Gasteiger partial charge in [0.05, 0.1) is 8.61 Å². The maximum Gasteiger partial charge on any atom is 0.0749 e. The van der Waals surface area contributed by atoms with Gasteiger partial charge in [-0.15, -0.1) is 11.3 Å². The van der Waals surface area contributed by atoms with E-state index in [1.54, 1.807) is 11.3 Å². The Morgan fingerprint density at radius 3 is 2.50 bits per heavy atom. The van der Waals surface area contributed by atoms with Crippen LogP contribution in [0.15, 0.2) is 38.6 Å². The van der Waals surface area contributed by atoms with E-state index in [1.165, 1.54) is 20.5 Å². The Labute approximate surface area is 124 Å². The molecule has 0 nitrogen and oxygen atoms in total. The summed E-state index contributed by atoms with van der Waals surface area (Å²) >= 11 is 12.6. The van der Waals surface area contributed by atoms with Crippen molar-refractivity contribution < 1.29 is 0 Å². The molecular weight excluding hydrogens is 416 g/mol. The van der Waals surface area contributed by atoms with Crippen molar-refractivity contribution >= 4 is 59.1 Å². The van der Waals surface area contributed by atoms with Gasteiger partial charge in [0.25, 0.3) is 0 Å². The molecule has 1 aromatic carbocycles. The Morgan fingerprint density at radius 1 is 1.12 bits per heavy atom. The van der Waals surface area contributed by atoms with Crippen LogP contribution in [-0.2, 0) is 0 Å². The number of thiophene rings is 1. The molecule has 1 heterocycles. The molecule has 0 saturated carbocycles. The molecule has 2 rings (SSSR count). The van der Waals surface area contributed by atoms with Crippen molar-refractivity contribution in [1.82, 2.24) is 0 Å². The molecule has 4 heteroatoms. The summed E-state index contributed by atoms with van der Waals surface area (Å²) in [6.45, 7) is 2.11. The Morgan fingerprint density at radius 2 is 1.88 bits per heavy atom. The molecule has 0 aliphatic heterocycles. The third-order valence-corrected chi connectivity index (χ3v) is 6.40. The Hall–Kier alpha value is 0.360. The van der Waals surface area contributed by atoms with Gasteiger partial charge in [-0.2, -0.15) is 0 Å². The van der Waals surface area contributed by atoms with Crippen molar-refractivity contribution in [3.63, 3.8) is 0 Å². The first-order valence-electron chi connectivity index (χ1n) is 4.74. The topological polar surface area (TPSA) is 0 Å². The van der Waals surface area contributed by atoms with Gasteiger partial charge in [-0.25, -0.2) is 0 Å². The quantitative estimate of drug-likeness (QED) is 0.513. The minimum absolute atomic E-state index is 0.248. The van der Waals surface area contributed by atoms with Gasteiger partial charge >= 0.3 is 0 Å². The molecule has 0 N–H and O–H groups in total. The summed E-state index contributed by atoms with van der Waals surface area (Å²) in [6.07, 6.45) is 0. The van der Waals surface area contributed by atoms with Crippen LogP contribution in [0.4, 0.5) is 0 Å². The maximum absolute atomic E-state index is 3.75. The van der Waals surface area contributed by atoms with E-state index in [0.29, 0.717) is 0 Å². The monoisotopic (exact) mass is 422 g/mol. The average molecular weight is 425 g/mol. The van der Waals surface area contributed by atoms with E-state index in [2.05, 4.69) is 85.0 Å². The summed E-state index contributed by atoms with van der Waals surface area (Å²) in [5, 5.41) is 0. The first kappa shape index (κ1) is 12.8. The molecule has 1 unspecified atom stereocenters. The molecular formula is C12H9Br3S. The number of benzene rings is 1. The molecule has 0 radical (unpaired) electrons. The molecule has 1 aromatic heterocycles. The normalized spacial score (nSPS) is 12.8. The Balaban J connectivity index is 2.41. The van der Waals surface area contributed by atoms with E-state index in [0.717, 1.165) is 3.79 Å². The van der Waals surface area contributed by atoms with Gasteiger partial charge in [-0.3, -0.25) is 0 Å². The first-order valence-corrected chi connectivity index (χ1v) is 8.05. The van der Waals surface area contributed by atoms with E-state index in [4.69, 9.17) is 0 Å². The van der Waals surface area contributed by atoms with Crippen molar-refractivity contribution in [2.45, 2.75) is 11.8 Å². The second-order valence-electron chi connectivity index (χ2n) is 3.48. The predicted molar refractivity (Wildman–Crippen MR) is 81.7 cm³/mol. The molecule has 0 bridgehead atoms.